The minimum absolute atomic E-state index is 0.0360. The number of nitrogens with two attached hydrogens (primary N) is 1. The summed E-state index contributed by atoms with van der Waals surface area (Å²) in [5.41, 5.74) is 5.47. The van der Waals surface area contributed by atoms with Crippen molar-refractivity contribution < 1.29 is 9.84 Å². The molecule has 1 saturated carbocycles. The molecule has 0 spiro atoms. The molecular weight excluding hydrogens is 190 g/mol. The van der Waals surface area contributed by atoms with Crippen molar-refractivity contribution in [1.82, 2.24) is 0 Å². The lowest BCUT2D eigenvalue weighted by Crippen LogP contribution is -2.35. The van der Waals surface area contributed by atoms with Crippen LogP contribution in [0, 0.1) is 0 Å². The third kappa shape index (κ3) is 3.84. The smallest absolute Gasteiger partial charge is 0.113 e. The van der Waals surface area contributed by atoms with Crippen molar-refractivity contribution in [3.63, 3.8) is 0 Å². The SMILES string of the molecule is C/C=C(\C)OC1CCC(C)(O)CCC1N. The van der Waals surface area contributed by atoms with Gasteiger partial charge in [-0.3, -0.25) is 0 Å². The summed E-state index contributed by atoms with van der Waals surface area (Å²) in [4.78, 5) is 0. The fourth-order valence-corrected chi connectivity index (χ4v) is 1.91. The van der Waals surface area contributed by atoms with Crippen molar-refractivity contribution in [3.05, 3.63) is 11.8 Å². The Hall–Kier alpha value is -0.540. The van der Waals surface area contributed by atoms with Crippen LogP contribution in [0.5, 0.6) is 0 Å². The molecule has 3 heteroatoms. The number of ether oxygens (including phenoxy) is 1. The molecule has 15 heavy (non-hydrogen) atoms. The number of allylic oxidation sites excluding steroid dienone is 2. The molecule has 0 radical (unpaired) electrons. The molecule has 1 fully saturated rings. The maximum Gasteiger partial charge on any atom is 0.113 e. The molecule has 0 aromatic carbocycles. The van der Waals surface area contributed by atoms with E-state index in [2.05, 4.69) is 0 Å². The topological polar surface area (TPSA) is 55.5 Å². The fraction of sp³-hybridized carbons (Fsp3) is 0.833. The van der Waals surface area contributed by atoms with Crippen molar-refractivity contribution in [2.24, 2.45) is 5.73 Å². The second kappa shape index (κ2) is 4.99. The molecule has 88 valence electrons. The summed E-state index contributed by atoms with van der Waals surface area (Å²) in [7, 11) is 0. The van der Waals surface area contributed by atoms with Gasteiger partial charge in [0.2, 0.25) is 0 Å². The molecule has 1 aliphatic carbocycles. The highest BCUT2D eigenvalue weighted by atomic mass is 16.5. The Morgan fingerprint density at radius 1 is 1.47 bits per heavy atom. The molecular formula is C12H23NO2. The largest absolute Gasteiger partial charge is 0.494 e. The Kier molecular flexibility index (Phi) is 4.17. The summed E-state index contributed by atoms with van der Waals surface area (Å²) in [5, 5.41) is 9.96. The molecule has 3 unspecified atom stereocenters. The number of rotatable bonds is 2. The summed E-state index contributed by atoms with van der Waals surface area (Å²) in [6, 6.07) is 0.0360. The van der Waals surface area contributed by atoms with Crippen LogP contribution < -0.4 is 5.73 Å². The monoisotopic (exact) mass is 213 g/mol. The molecule has 3 nitrogen and oxygen atoms in total. The quantitative estimate of drug-likeness (QED) is 0.544. The maximum absolute atomic E-state index is 9.96. The van der Waals surface area contributed by atoms with E-state index in [9.17, 15) is 5.11 Å². The second-order valence-corrected chi connectivity index (χ2v) is 4.79. The number of hydrogen-bond acceptors (Lipinski definition) is 3. The summed E-state index contributed by atoms with van der Waals surface area (Å²) in [6.45, 7) is 5.77. The van der Waals surface area contributed by atoms with E-state index in [-0.39, 0.29) is 12.1 Å². The molecule has 1 rings (SSSR count). The van der Waals surface area contributed by atoms with Crippen LogP contribution in [-0.2, 0) is 4.74 Å². The first kappa shape index (κ1) is 12.5. The first-order valence-electron chi connectivity index (χ1n) is 5.72. The lowest BCUT2D eigenvalue weighted by atomic mass is 9.97. The zero-order chi connectivity index (χ0) is 11.5. The van der Waals surface area contributed by atoms with Crippen LogP contribution in [0.25, 0.3) is 0 Å². The lowest BCUT2D eigenvalue weighted by Gasteiger charge is -2.23. The van der Waals surface area contributed by atoms with Crippen LogP contribution in [-0.4, -0.2) is 22.9 Å². The van der Waals surface area contributed by atoms with Crippen molar-refractivity contribution in [1.29, 1.82) is 0 Å². The predicted octanol–water partition coefficient (Wildman–Crippen LogP) is 1.95. The fourth-order valence-electron chi connectivity index (χ4n) is 1.91. The Labute approximate surface area is 92.3 Å². The predicted molar refractivity (Wildman–Crippen MR) is 61.4 cm³/mol. The minimum Gasteiger partial charge on any atom is -0.494 e. The van der Waals surface area contributed by atoms with Crippen LogP contribution in [0.4, 0.5) is 0 Å². The summed E-state index contributed by atoms with van der Waals surface area (Å²) >= 11 is 0. The van der Waals surface area contributed by atoms with E-state index in [4.69, 9.17) is 10.5 Å². The van der Waals surface area contributed by atoms with Gasteiger partial charge < -0.3 is 15.6 Å². The van der Waals surface area contributed by atoms with Gasteiger partial charge in [-0.2, -0.15) is 0 Å². The van der Waals surface area contributed by atoms with Gasteiger partial charge in [0.15, 0.2) is 0 Å². The van der Waals surface area contributed by atoms with Crippen molar-refractivity contribution in [2.45, 2.75) is 64.2 Å². The van der Waals surface area contributed by atoms with Crippen molar-refractivity contribution >= 4 is 0 Å². The van der Waals surface area contributed by atoms with Crippen molar-refractivity contribution in [3.8, 4) is 0 Å². The van der Waals surface area contributed by atoms with Gasteiger partial charge in [0, 0.05) is 6.04 Å². The van der Waals surface area contributed by atoms with Crippen LogP contribution >= 0.6 is 0 Å². The van der Waals surface area contributed by atoms with Crippen LogP contribution in [0.2, 0.25) is 0 Å². The summed E-state index contributed by atoms with van der Waals surface area (Å²) < 4.78 is 5.75. The van der Waals surface area contributed by atoms with Gasteiger partial charge in [0.25, 0.3) is 0 Å². The Bertz CT molecular complexity index is 236. The molecule has 3 N–H and O–H groups in total. The van der Waals surface area contributed by atoms with E-state index < -0.39 is 5.60 Å². The second-order valence-electron chi connectivity index (χ2n) is 4.79. The molecule has 0 bridgehead atoms. The normalized spacial score (nSPS) is 38.6. The van der Waals surface area contributed by atoms with E-state index in [0.29, 0.717) is 0 Å². The van der Waals surface area contributed by atoms with Gasteiger partial charge >= 0.3 is 0 Å². The molecule has 0 aliphatic heterocycles. The minimum atomic E-state index is -0.570. The Morgan fingerprint density at radius 3 is 2.67 bits per heavy atom. The Morgan fingerprint density at radius 2 is 2.07 bits per heavy atom. The molecule has 0 aromatic heterocycles. The van der Waals surface area contributed by atoms with Crippen LogP contribution in [0.3, 0.4) is 0 Å². The maximum atomic E-state index is 9.96. The van der Waals surface area contributed by atoms with Crippen molar-refractivity contribution in [2.75, 3.05) is 0 Å². The average Bonchev–Trinajstić information content (AvgIpc) is 2.31. The Balaban J connectivity index is 2.58. The summed E-state index contributed by atoms with van der Waals surface area (Å²) in [5.74, 6) is 0.914. The highest BCUT2D eigenvalue weighted by molar-refractivity contribution is 4.91. The molecule has 0 aromatic rings. The van der Waals surface area contributed by atoms with Gasteiger partial charge in [0.05, 0.1) is 11.4 Å². The number of hydrogen-bond donors (Lipinski definition) is 2. The first-order chi connectivity index (χ1) is 6.94. The molecule has 0 amide bonds. The van der Waals surface area contributed by atoms with Crippen LogP contribution in [0.15, 0.2) is 11.8 Å². The standard InChI is InChI=1S/C12H23NO2/c1-4-9(2)15-11-6-8-12(3,14)7-5-10(11)13/h4,10-11,14H,5-8,13H2,1-3H3/b9-4+. The third-order valence-corrected chi connectivity index (χ3v) is 3.21. The van der Waals surface area contributed by atoms with Crippen LogP contribution in [0.1, 0.15) is 46.5 Å². The highest BCUT2D eigenvalue weighted by Gasteiger charge is 2.31. The third-order valence-electron chi connectivity index (χ3n) is 3.21. The lowest BCUT2D eigenvalue weighted by molar-refractivity contribution is 0.0360. The van der Waals surface area contributed by atoms with E-state index in [1.54, 1.807) is 0 Å². The van der Waals surface area contributed by atoms with Gasteiger partial charge in [-0.05, 0) is 52.5 Å². The average molecular weight is 213 g/mol. The van der Waals surface area contributed by atoms with E-state index >= 15 is 0 Å². The van der Waals surface area contributed by atoms with E-state index in [0.717, 1.165) is 31.4 Å². The number of aliphatic hydroxyl groups is 1. The molecule has 0 heterocycles. The van der Waals surface area contributed by atoms with E-state index in [1.165, 1.54) is 0 Å². The highest BCUT2D eigenvalue weighted by Crippen LogP contribution is 2.28. The van der Waals surface area contributed by atoms with Gasteiger partial charge in [-0.25, -0.2) is 0 Å². The van der Waals surface area contributed by atoms with E-state index in [1.807, 2.05) is 26.8 Å². The van der Waals surface area contributed by atoms with Gasteiger partial charge in [-0.1, -0.05) is 0 Å². The molecule has 3 atom stereocenters. The van der Waals surface area contributed by atoms with Gasteiger partial charge in [-0.15, -0.1) is 0 Å². The zero-order valence-electron chi connectivity index (χ0n) is 9.99. The summed E-state index contributed by atoms with van der Waals surface area (Å²) in [6.07, 6.45) is 5.19. The van der Waals surface area contributed by atoms with Gasteiger partial charge in [0.1, 0.15) is 6.10 Å². The zero-order valence-corrected chi connectivity index (χ0v) is 9.99. The molecule has 0 saturated heterocycles. The molecule has 1 aliphatic rings. The first-order valence-corrected chi connectivity index (χ1v) is 5.72.